The van der Waals surface area contributed by atoms with Crippen LogP contribution in [0.25, 0.3) is 11.0 Å². The van der Waals surface area contributed by atoms with E-state index in [2.05, 4.69) is 25.2 Å². The number of hydrogen-bond donors (Lipinski definition) is 2. The molecule has 0 unspecified atom stereocenters. The summed E-state index contributed by atoms with van der Waals surface area (Å²) in [6.45, 7) is 1.96. The molecule has 0 saturated heterocycles. The van der Waals surface area contributed by atoms with Gasteiger partial charge in [0, 0.05) is 4.88 Å². The van der Waals surface area contributed by atoms with Crippen LogP contribution in [-0.2, 0) is 27.6 Å². The maximum atomic E-state index is 13.3. The number of aromatic nitrogens is 2. The van der Waals surface area contributed by atoms with Crippen LogP contribution in [0.3, 0.4) is 0 Å². The first-order valence-corrected chi connectivity index (χ1v) is 14.5. The van der Waals surface area contributed by atoms with E-state index in [1.54, 1.807) is 31.2 Å². The van der Waals surface area contributed by atoms with Crippen LogP contribution in [0.5, 0.6) is 0 Å². The SMILES string of the molecule is CCOC(=O)c1c(Nc2nc3ccccc3nc2NS(=O)(=O)c2cc(N=O)ccc2Cl)sc2c1CCCC2. The minimum atomic E-state index is -4.31. The normalized spacial score (nSPS) is 13.1. The van der Waals surface area contributed by atoms with Crippen molar-refractivity contribution in [3.8, 4) is 0 Å². The summed E-state index contributed by atoms with van der Waals surface area (Å²) in [5.41, 5.74) is 2.25. The summed E-state index contributed by atoms with van der Waals surface area (Å²) in [7, 11) is -4.31. The third-order valence-corrected chi connectivity index (χ3v) is 9.02. The van der Waals surface area contributed by atoms with Gasteiger partial charge in [0.2, 0.25) is 0 Å². The molecule has 0 bridgehead atoms. The van der Waals surface area contributed by atoms with Gasteiger partial charge in [-0.25, -0.2) is 23.2 Å². The minimum Gasteiger partial charge on any atom is -0.462 e. The molecule has 0 atom stereocenters. The largest absolute Gasteiger partial charge is 0.462 e. The molecular weight excluding hydrogens is 550 g/mol. The summed E-state index contributed by atoms with van der Waals surface area (Å²) in [5.74, 6) is -0.460. The molecule has 2 heterocycles. The number of rotatable bonds is 8. The summed E-state index contributed by atoms with van der Waals surface area (Å²) in [5, 5.41) is 6.36. The van der Waals surface area contributed by atoms with Crippen LogP contribution in [0.4, 0.5) is 22.3 Å². The molecular formula is C25H22ClN5O5S2. The summed E-state index contributed by atoms with van der Waals surface area (Å²) >= 11 is 7.57. The first-order chi connectivity index (χ1) is 18.3. The topological polar surface area (TPSA) is 140 Å². The molecule has 13 heteroatoms. The number of carbonyl (C=O) groups excluding carboxylic acids is 1. The lowest BCUT2D eigenvalue weighted by Crippen LogP contribution is -2.17. The van der Waals surface area contributed by atoms with Crippen molar-refractivity contribution in [2.24, 2.45) is 5.18 Å². The fourth-order valence-electron chi connectivity index (χ4n) is 4.28. The van der Waals surface area contributed by atoms with Gasteiger partial charge in [0.15, 0.2) is 11.6 Å². The zero-order valence-electron chi connectivity index (χ0n) is 20.2. The van der Waals surface area contributed by atoms with Gasteiger partial charge in [-0.2, -0.15) is 0 Å². The van der Waals surface area contributed by atoms with E-state index in [1.807, 2.05) is 0 Å². The second-order valence-corrected chi connectivity index (χ2v) is 11.6. The summed E-state index contributed by atoms with van der Waals surface area (Å²) in [6, 6.07) is 10.6. The average molecular weight is 572 g/mol. The van der Waals surface area contributed by atoms with Crippen molar-refractivity contribution >= 4 is 72.3 Å². The fourth-order valence-corrected chi connectivity index (χ4v) is 7.08. The Morgan fingerprint density at radius 3 is 2.53 bits per heavy atom. The molecule has 1 aliphatic rings. The molecule has 38 heavy (non-hydrogen) atoms. The van der Waals surface area contributed by atoms with Crippen LogP contribution < -0.4 is 10.0 Å². The Hall–Kier alpha value is -3.61. The van der Waals surface area contributed by atoms with Gasteiger partial charge in [-0.05, 0) is 73.7 Å². The average Bonchev–Trinajstić information content (AvgIpc) is 3.27. The number of ether oxygens (including phenoxy) is 1. The van der Waals surface area contributed by atoms with Crippen molar-refractivity contribution in [1.82, 2.24) is 9.97 Å². The molecule has 10 nitrogen and oxygen atoms in total. The first kappa shape index (κ1) is 26.0. The molecule has 0 aliphatic heterocycles. The highest BCUT2D eigenvalue weighted by Crippen LogP contribution is 2.41. The Morgan fingerprint density at radius 1 is 1.11 bits per heavy atom. The van der Waals surface area contributed by atoms with Gasteiger partial charge in [-0.1, -0.05) is 23.7 Å². The molecule has 2 aromatic carbocycles. The highest BCUT2D eigenvalue weighted by Gasteiger charge is 2.28. The summed E-state index contributed by atoms with van der Waals surface area (Å²) < 4.78 is 34.5. The lowest BCUT2D eigenvalue weighted by atomic mass is 9.95. The van der Waals surface area contributed by atoms with Gasteiger partial charge in [0.05, 0.1) is 28.2 Å². The lowest BCUT2D eigenvalue weighted by Gasteiger charge is -2.15. The van der Waals surface area contributed by atoms with Crippen LogP contribution in [0.15, 0.2) is 52.5 Å². The van der Waals surface area contributed by atoms with Crippen LogP contribution in [0.2, 0.25) is 5.02 Å². The van der Waals surface area contributed by atoms with Gasteiger partial charge in [0.1, 0.15) is 15.6 Å². The number of fused-ring (bicyclic) bond motifs is 2. The third-order valence-electron chi connectivity index (χ3n) is 5.99. The number of carbonyl (C=O) groups is 1. The molecule has 0 fully saturated rings. The summed E-state index contributed by atoms with van der Waals surface area (Å²) in [6.07, 6.45) is 3.58. The number of thiophene rings is 1. The molecule has 0 amide bonds. The number of sulfonamides is 1. The smallest absolute Gasteiger partial charge is 0.341 e. The van der Waals surface area contributed by atoms with Crippen molar-refractivity contribution in [2.75, 3.05) is 16.6 Å². The number of hydrogen-bond acceptors (Lipinski definition) is 10. The van der Waals surface area contributed by atoms with Gasteiger partial charge < -0.3 is 10.1 Å². The van der Waals surface area contributed by atoms with E-state index in [0.717, 1.165) is 42.2 Å². The quantitative estimate of drug-likeness (QED) is 0.184. The first-order valence-electron chi connectivity index (χ1n) is 11.8. The van der Waals surface area contributed by atoms with Crippen LogP contribution in [-0.4, -0.2) is 31.0 Å². The maximum absolute atomic E-state index is 13.3. The zero-order chi connectivity index (χ0) is 26.9. The Kier molecular flexibility index (Phi) is 7.28. The van der Waals surface area contributed by atoms with Crippen molar-refractivity contribution in [1.29, 1.82) is 0 Å². The number of benzene rings is 2. The number of halogens is 1. The predicted octanol–water partition coefficient (Wildman–Crippen LogP) is 6.34. The molecule has 0 radical (unpaired) electrons. The molecule has 4 aromatic rings. The van der Waals surface area contributed by atoms with Gasteiger partial charge >= 0.3 is 5.97 Å². The van der Waals surface area contributed by atoms with Crippen molar-refractivity contribution in [3.63, 3.8) is 0 Å². The standard InChI is InChI=1S/C25H22ClN5O5S2/c1-2-36-25(32)21-15-7-3-6-10-19(15)37-24(21)29-22-23(28-18-9-5-4-8-17(18)27-22)31-38(34,35)20-13-14(30-33)11-12-16(20)26/h4-5,8-9,11-13H,2-3,6-7,10H2,1H3,(H,27,29)(H,28,31). The second kappa shape index (κ2) is 10.6. The molecule has 2 aromatic heterocycles. The van der Waals surface area contributed by atoms with Gasteiger partial charge in [0.25, 0.3) is 10.0 Å². The fraction of sp³-hybridized carbons (Fsp3) is 0.240. The number of nitroso groups, excluding NO2 is 1. The van der Waals surface area contributed by atoms with Crippen molar-refractivity contribution in [3.05, 3.63) is 68.4 Å². The lowest BCUT2D eigenvalue weighted by molar-refractivity contribution is 0.0526. The van der Waals surface area contributed by atoms with E-state index in [1.165, 1.54) is 23.5 Å². The van der Waals surface area contributed by atoms with E-state index >= 15 is 0 Å². The monoisotopic (exact) mass is 571 g/mol. The molecule has 0 saturated carbocycles. The molecule has 1 aliphatic carbocycles. The molecule has 2 N–H and O–H groups in total. The molecule has 196 valence electrons. The number of nitrogens with one attached hydrogen (secondary N) is 2. The predicted molar refractivity (Wildman–Crippen MR) is 147 cm³/mol. The van der Waals surface area contributed by atoms with E-state index in [0.29, 0.717) is 21.6 Å². The Bertz CT molecular complexity index is 1670. The number of esters is 1. The van der Waals surface area contributed by atoms with E-state index in [4.69, 9.17) is 16.3 Å². The molecule has 0 spiro atoms. The van der Waals surface area contributed by atoms with Crippen LogP contribution >= 0.6 is 22.9 Å². The number of para-hydroxylation sites is 2. The van der Waals surface area contributed by atoms with Gasteiger partial charge in [-0.15, -0.1) is 16.2 Å². The maximum Gasteiger partial charge on any atom is 0.341 e. The van der Waals surface area contributed by atoms with E-state index < -0.39 is 16.0 Å². The minimum absolute atomic E-state index is 0.0938. The Balaban J connectivity index is 1.62. The van der Waals surface area contributed by atoms with E-state index in [-0.39, 0.29) is 33.8 Å². The number of anilines is 3. The molecule has 5 rings (SSSR count). The Morgan fingerprint density at radius 2 is 1.82 bits per heavy atom. The Labute approximate surface area is 227 Å². The van der Waals surface area contributed by atoms with E-state index in [9.17, 15) is 18.1 Å². The number of nitrogens with zero attached hydrogens (tertiary/aromatic N) is 3. The van der Waals surface area contributed by atoms with Crippen molar-refractivity contribution in [2.45, 2.75) is 37.5 Å². The number of aryl methyl sites for hydroxylation is 1. The highest BCUT2D eigenvalue weighted by molar-refractivity contribution is 7.92. The van der Waals surface area contributed by atoms with Crippen LogP contribution in [0.1, 0.15) is 40.6 Å². The highest BCUT2D eigenvalue weighted by atomic mass is 35.5. The summed E-state index contributed by atoms with van der Waals surface area (Å²) in [4.78, 5) is 33.8. The van der Waals surface area contributed by atoms with Crippen LogP contribution in [0, 0.1) is 4.91 Å². The zero-order valence-corrected chi connectivity index (χ0v) is 22.5. The van der Waals surface area contributed by atoms with Crippen molar-refractivity contribution < 1.29 is 17.9 Å². The van der Waals surface area contributed by atoms with Gasteiger partial charge in [-0.3, -0.25) is 4.72 Å². The second-order valence-electron chi connectivity index (χ2n) is 8.48. The third kappa shape index (κ3) is 5.06.